The normalized spacial score (nSPS) is 10.2. The van der Waals surface area contributed by atoms with E-state index in [0.717, 1.165) is 0 Å². The van der Waals surface area contributed by atoms with Crippen molar-refractivity contribution in [3.8, 4) is 5.75 Å². The molecule has 0 saturated heterocycles. The minimum absolute atomic E-state index is 0.317. The van der Waals surface area contributed by atoms with Crippen LogP contribution in [0.3, 0.4) is 0 Å². The Hall–Kier alpha value is -1.40. The van der Waals surface area contributed by atoms with Gasteiger partial charge in [0.15, 0.2) is 0 Å². The lowest BCUT2D eigenvalue weighted by molar-refractivity contribution is 0.102. The van der Waals surface area contributed by atoms with Crippen LogP contribution < -0.4 is 10.1 Å². The van der Waals surface area contributed by atoms with E-state index in [1.54, 1.807) is 18.2 Å². The lowest BCUT2D eigenvalue weighted by Crippen LogP contribution is -2.13. The smallest absolute Gasteiger partial charge is 0.256 e. The highest BCUT2D eigenvalue weighted by atomic mass is 79.9. The van der Waals surface area contributed by atoms with Crippen LogP contribution in [0.2, 0.25) is 0 Å². The topological polar surface area (TPSA) is 38.3 Å². The highest BCUT2D eigenvalue weighted by Crippen LogP contribution is 2.26. The van der Waals surface area contributed by atoms with Crippen molar-refractivity contribution in [3.05, 3.63) is 56.7 Å². The van der Waals surface area contributed by atoms with Crippen molar-refractivity contribution in [2.24, 2.45) is 0 Å². The van der Waals surface area contributed by atoms with Gasteiger partial charge in [-0.25, -0.2) is 4.39 Å². The van der Waals surface area contributed by atoms with Gasteiger partial charge < -0.3 is 10.1 Å². The van der Waals surface area contributed by atoms with Crippen molar-refractivity contribution >= 4 is 43.5 Å². The highest BCUT2D eigenvalue weighted by Gasteiger charge is 2.13. The summed E-state index contributed by atoms with van der Waals surface area (Å²) < 4.78 is 19.2. The van der Waals surface area contributed by atoms with E-state index in [0.29, 0.717) is 25.9 Å². The molecule has 0 unspecified atom stereocenters. The Morgan fingerprint density at radius 3 is 2.55 bits per heavy atom. The van der Waals surface area contributed by atoms with Crippen molar-refractivity contribution in [1.82, 2.24) is 0 Å². The van der Waals surface area contributed by atoms with Crippen LogP contribution in [0, 0.1) is 5.82 Å². The maximum Gasteiger partial charge on any atom is 0.256 e. The first-order valence-corrected chi connectivity index (χ1v) is 7.20. The monoisotopic (exact) mass is 401 g/mol. The Morgan fingerprint density at radius 2 is 1.90 bits per heavy atom. The number of hydrogen-bond donors (Lipinski definition) is 1. The molecule has 0 saturated carbocycles. The molecule has 2 aromatic rings. The van der Waals surface area contributed by atoms with Crippen LogP contribution in [0.1, 0.15) is 10.4 Å². The molecule has 0 aliphatic rings. The van der Waals surface area contributed by atoms with E-state index in [4.69, 9.17) is 4.74 Å². The summed E-state index contributed by atoms with van der Waals surface area (Å²) in [5.41, 5.74) is 0.923. The second-order valence-corrected chi connectivity index (χ2v) is 5.63. The summed E-state index contributed by atoms with van der Waals surface area (Å²) in [5.74, 6) is -0.114. The minimum Gasteiger partial charge on any atom is -0.497 e. The molecule has 6 heteroatoms. The standard InChI is InChI=1S/C14H10Br2FNO2/c1-20-9-3-4-11(15)10(7-9)14(19)18-13-5-2-8(17)6-12(13)16/h2-7H,1H3,(H,18,19). The first-order valence-electron chi connectivity index (χ1n) is 5.61. The Bertz CT molecular complexity index is 662. The van der Waals surface area contributed by atoms with Crippen LogP contribution in [0.25, 0.3) is 0 Å². The lowest BCUT2D eigenvalue weighted by atomic mass is 10.2. The molecule has 0 heterocycles. The number of anilines is 1. The van der Waals surface area contributed by atoms with Gasteiger partial charge in [0.1, 0.15) is 11.6 Å². The second kappa shape index (κ2) is 6.37. The second-order valence-electron chi connectivity index (χ2n) is 3.92. The van der Waals surface area contributed by atoms with Gasteiger partial charge in [-0.15, -0.1) is 0 Å². The molecule has 0 bridgehead atoms. The maximum absolute atomic E-state index is 13.0. The maximum atomic E-state index is 13.0. The summed E-state index contributed by atoms with van der Waals surface area (Å²) in [6.45, 7) is 0. The van der Waals surface area contributed by atoms with Gasteiger partial charge in [0, 0.05) is 8.95 Å². The predicted octanol–water partition coefficient (Wildman–Crippen LogP) is 4.61. The van der Waals surface area contributed by atoms with Crippen molar-refractivity contribution in [3.63, 3.8) is 0 Å². The Balaban J connectivity index is 2.28. The molecule has 0 aliphatic heterocycles. The van der Waals surface area contributed by atoms with E-state index < -0.39 is 0 Å². The molecule has 0 aliphatic carbocycles. The van der Waals surface area contributed by atoms with E-state index in [1.165, 1.54) is 25.3 Å². The SMILES string of the molecule is COc1ccc(Br)c(C(=O)Nc2ccc(F)cc2Br)c1. The summed E-state index contributed by atoms with van der Waals surface area (Å²) in [4.78, 5) is 12.2. The number of ether oxygens (including phenoxy) is 1. The van der Waals surface area contributed by atoms with Crippen molar-refractivity contribution in [1.29, 1.82) is 0 Å². The molecular formula is C14H10Br2FNO2. The summed E-state index contributed by atoms with van der Waals surface area (Å²) >= 11 is 6.52. The zero-order chi connectivity index (χ0) is 14.7. The first-order chi connectivity index (χ1) is 9.51. The van der Waals surface area contributed by atoms with Crippen molar-refractivity contribution in [2.45, 2.75) is 0 Å². The third-order valence-corrected chi connectivity index (χ3v) is 3.95. The van der Waals surface area contributed by atoms with Gasteiger partial charge in [-0.1, -0.05) is 0 Å². The largest absolute Gasteiger partial charge is 0.497 e. The predicted molar refractivity (Wildman–Crippen MR) is 82.7 cm³/mol. The van der Waals surface area contributed by atoms with Gasteiger partial charge in [0.25, 0.3) is 5.91 Å². The van der Waals surface area contributed by atoms with Crippen molar-refractivity contribution in [2.75, 3.05) is 12.4 Å². The molecule has 2 aromatic carbocycles. The van der Waals surface area contributed by atoms with E-state index in [-0.39, 0.29) is 11.7 Å². The average molecular weight is 403 g/mol. The van der Waals surface area contributed by atoms with E-state index >= 15 is 0 Å². The number of rotatable bonds is 3. The van der Waals surface area contributed by atoms with Crippen LogP contribution in [-0.4, -0.2) is 13.0 Å². The van der Waals surface area contributed by atoms with Gasteiger partial charge >= 0.3 is 0 Å². The third kappa shape index (κ3) is 3.37. The molecule has 20 heavy (non-hydrogen) atoms. The number of carbonyl (C=O) groups is 1. The summed E-state index contributed by atoms with van der Waals surface area (Å²) in [6, 6.07) is 9.15. The number of hydrogen-bond acceptors (Lipinski definition) is 2. The van der Waals surface area contributed by atoms with Gasteiger partial charge in [0.05, 0.1) is 18.4 Å². The number of benzene rings is 2. The number of carbonyl (C=O) groups excluding carboxylic acids is 1. The van der Waals surface area contributed by atoms with Gasteiger partial charge in [-0.3, -0.25) is 4.79 Å². The van der Waals surface area contributed by atoms with E-state index in [9.17, 15) is 9.18 Å². The van der Waals surface area contributed by atoms with Gasteiger partial charge in [0.2, 0.25) is 0 Å². The lowest BCUT2D eigenvalue weighted by Gasteiger charge is -2.10. The number of methoxy groups -OCH3 is 1. The fraction of sp³-hybridized carbons (Fsp3) is 0.0714. The molecule has 1 N–H and O–H groups in total. The number of nitrogens with one attached hydrogen (secondary N) is 1. The Labute approximate surface area is 132 Å². The Morgan fingerprint density at radius 1 is 1.15 bits per heavy atom. The minimum atomic E-state index is -0.377. The average Bonchev–Trinajstić information content (AvgIpc) is 2.42. The van der Waals surface area contributed by atoms with Crippen LogP contribution in [0.5, 0.6) is 5.75 Å². The first kappa shape index (κ1) is 15.0. The van der Waals surface area contributed by atoms with Gasteiger partial charge in [-0.2, -0.15) is 0 Å². The molecule has 0 aromatic heterocycles. The molecule has 0 fully saturated rings. The number of halogens is 3. The quantitative estimate of drug-likeness (QED) is 0.813. The van der Waals surface area contributed by atoms with Crippen LogP contribution in [-0.2, 0) is 0 Å². The number of amides is 1. The summed E-state index contributed by atoms with van der Waals surface area (Å²) in [5, 5.41) is 2.71. The Kier molecular flexibility index (Phi) is 4.77. The zero-order valence-electron chi connectivity index (χ0n) is 10.4. The van der Waals surface area contributed by atoms with E-state index in [1.807, 2.05) is 0 Å². The molecule has 3 nitrogen and oxygen atoms in total. The molecule has 1 amide bonds. The fourth-order valence-electron chi connectivity index (χ4n) is 1.59. The van der Waals surface area contributed by atoms with E-state index in [2.05, 4.69) is 37.2 Å². The fourth-order valence-corrected chi connectivity index (χ4v) is 2.46. The summed E-state index contributed by atoms with van der Waals surface area (Å²) in [6.07, 6.45) is 0. The summed E-state index contributed by atoms with van der Waals surface area (Å²) in [7, 11) is 1.53. The molecular weight excluding hydrogens is 393 g/mol. The third-order valence-electron chi connectivity index (χ3n) is 2.60. The molecule has 2 rings (SSSR count). The van der Waals surface area contributed by atoms with Crippen LogP contribution in [0.15, 0.2) is 45.3 Å². The van der Waals surface area contributed by atoms with Crippen LogP contribution in [0.4, 0.5) is 10.1 Å². The van der Waals surface area contributed by atoms with Crippen LogP contribution >= 0.6 is 31.9 Å². The van der Waals surface area contributed by atoms with Crippen molar-refractivity contribution < 1.29 is 13.9 Å². The zero-order valence-corrected chi connectivity index (χ0v) is 13.6. The highest BCUT2D eigenvalue weighted by molar-refractivity contribution is 9.11. The molecule has 0 spiro atoms. The molecule has 0 atom stereocenters. The van der Waals surface area contributed by atoms with Gasteiger partial charge in [-0.05, 0) is 68.3 Å². The molecule has 104 valence electrons. The molecule has 0 radical (unpaired) electrons.